The molecule has 2 aliphatic heterocycles. The molecular formula is C13H24N2O2. The second-order valence-electron chi connectivity index (χ2n) is 5.53. The van der Waals surface area contributed by atoms with E-state index >= 15 is 0 Å². The smallest absolute Gasteiger partial charge is 0.317 e. The summed E-state index contributed by atoms with van der Waals surface area (Å²) in [7, 11) is 2.20. The van der Waals surface area contributed by atoms with Gasteiger partial charge in [-0.1, -0.05) is 6.42 Å². The van der Waals surface area contributed by atoms with Gasteiger partial charge in [-0.2, -0.15) is 0 Å². The summed E-state index contributed by atoms with van der Waals surface area (Å²) in [6.07, 6.45) is 7.34. The van der Waals surface area contributed by atoms with Gasteiger partial charge in [-0.25, -0.2) is 0 Å². The lowest BCUT2D eigenvalue weighted by Gasteiger charge is -2.37. The molecule has 0 saturated carbocycles. The van der Waals surface area contributed by atoms with Crippen LogP contribution in [-0.2, 0) is 4.79 Å². The monoisotopic (exact) mass is 240 g/mol. The van der Waals surface area contributed by atoms with E-state index in [1.165, 1.54) is 32.2 Å². The summed E-state index contributed by atoms with van der Waals surface area (Å²) < 4.78 is 0. The lowest BCUT2D eigenvalue weighted by Crippen LogP contribution is -2.45. The van der Waals surface area contributed by atoms with Crippen LogP contribution in [0.3, 0.4) is 0 Å². The second-order valence-corrected chi connectivity index (χ2v) is 5.53. The van der Waals surface area contributed by atoms with Gasteiger partial charge >= 0.3 is 5.97 Å². The van der Waals surface area contributed by atoms with Crippen LogP contribution in [0.2, 0.25) is 0 Å². The first-order valence-corrected chi connectivity index (χ1v) is 6.83. The number of carbonyl (C=O) groups is 1. The Morgan fingerprint density at radius 1 is 1.18 bits per heavy atom. The second kappa shape index (κ2) is 5.83. The minimum absolute atomic E-state index is 0.223. The van der Waals surface area contributed by atoms with Gasteiger partial charge in [-0.05, 0) is 52.2 Å². The summed E-state index contributed by atoms with van der Waals surface area (Å²) in [4.78, 5) is 15.5. The van der Waals surface area contributed by atoms with Gasteiger partial charge in [-0.15, -0.1) is 0 Å². The van der Waals surface area contributed by atoms with Gasteiger partial charge in [0.15, 0.2) is 0 Å². The summed E-state index contributed by atoms with van der Waals surface area (Å²) in [5.74, 6) is -0.684. The van der Waals surface area contributed by atoms with Crippen LogP contribution in [0, 0.1) is 0 Å². The summed E-state index contributed by atoms with van der Waals surface area (Å²) in [6.45, 7) is 2.39. The standard InChI is InChI=1S/C13H24N2O2/c1-14-7-4-6-11(14)9-12-5-2-3-8-15(12)10-13(16)17/h11-12H,2-10H2,1H3,(H,16,17). The maximum absolute atomic E-state index is 10.9. The van der Waals surface area contributed by atoms with Crippen molar-refractivity contribution < 1.29 is 9.90 Å². The minimum Gasteiger partial charge on any atom is -0.480 e. The molecule has 2 atom stereocenters. The Labute approximate surface area is 104 Å². The molecule has 0 aliphatic carbocycles. The Hall–Kier alpha value is -0.610. The molecule has 17 heavy (non-hydrogen) atoms. The Morgan fingerprint density at radius 3 is 2.59 bits per heavy atom. The molecule has 0 spiro atoms. The van der Waals surface area contributed by atoms with E-state index < -0.39 is 5.97 Å². The van der Waals surface area contributed by atoms with Crippen molar-refractivity contribution in [1.82, 2.24) is 9.80 Å². The fourth-order valence-electron chi connectivity index (χ4n) is 3.30. The number of carboxylic acids is 1. The fourth-order valence-corrected chi connectivity index (χ4v) is 3.30. The van der Waals surface area contributed by atoms with Crippen LogP contribution in [0.15, 0.2) is 0 Å². The molecule has 4 nitrogen and oxygen atoms in total. The van der Waals surface area contributed by atoms with Gasteiger partial charge in [0.2, 0.25) is 0 Å². The van der Waals surface area contributed by atoms with Crippen molar-refractivity contribution in [1.29, 1.82) is 0 Å². The highest BCUT2D eigenvalue weighted by Crippen LogP contribution is 2.26. The third kappa shape index (κ3) is 3.42. The Kier molecular flexibility index (Phi) is 4.40. The number of likely N-dealkylation sites (tertiary alicyclic amines) is 2. The van der Waals surface area contributed by atoms with Crippen LogP contribution in [0.4, 0.5) is 0 Å². The zero-order valence-corrected chi connectivity index (χ0v) is 10.8. The molecule has 0 aromatic carbocycles. The van der Waals surface area contributed by atoms with Crippen molar-refractivity contribution in [3.05, 3.63) is 0 Å². The number of rotatable bonds is 4. The number of hydrogen-bond donors (Lipinski definition) is 1. The van der Waals surface area contributed by atoms with Crippen molar-refractivity contribution >= 4 is 5.97 Å². The van der Waals surface area contributed by atoms with Crippen molar-refractivity contribution in [3.8, 4) is 0 Å². The van der Waals surface area contributed by atoms with E-state index in [4.69, 9.17) is 5.11 Å². The van der Waals surface area contributed by atoms with Gasteiger partial charge in [0, 0.05) is 12.1 Å². The largest absolute Gasteiger partial charge is 0.480 e. The molecule has 0 amide bonds. The van der Waals surface area contributed by atoms with Gasteiger partial charge in [0.1, 0.15) is 0 Å². The molecule has 0 aromatic heterocycles. The van der Waals surface area contributed by atoms with Crippen LogP contribution >= 0.6 is 0 Å². The molecule has 2 unspecified atom stereocenters. The van der Waals surface area contributed by atoms with E-state index in [0.29, 0.717) is 12.1 Å². The Balaban J connectivity index is 1.89. The van der Waals surface area contributed by atoms with E-state index in [2.05, 4.69) is 16.8 Å². The summed E-state index contributed by atoms with van der Waals surface area (Å²) >= 11 is 0. The lowest BCUT2D eigenvalue weighted by atomic mass is 9.95. The zero-order valence-electron chi connectivity index (χ0n) is 10.8. The zero-order chi connectivity index (χ0) is 12.3. The molecule has 2 fully saturated rings. The van der Waals surface area contributed by atoms with Crippen LogP contribution < -0.4 is 0 Å². The predicted molar refractivity (Wildman–Crippen MR) is 67.1 cm³/mol. The Bertz CT molecular complexity index is 270. The normalized spacial score (nSPS) is 31.8. The third-order valence-corrected chi connectivity index (χ3v) is 4.30. The van der Waals surface area contributed by atoms with Crippen LogP contribution in [0.25, 0.3) is 0 Å². The van der Waals surface area contributed by atoms with E-state index in [0.717, 1.165) is 19.4 Å². The van der Waals surface area contributed by atoms with Gasteiger partial charge < -0.3 is 10.0 Å². The number of aliphatic carboxylic acids is 1. The number of hydrogen-bond acceptors (Lipinski definition) is 3. The SMILES string of the molecule is CN1CCCC1CC1CCCCN1CC(=O)O. The molecule has 2 saturated heterocycles. The number of piperidine rings is 1. The average molecular weight is 240 g/mol. The predicted octanol–water partition coefficient (Wildman–Crippen LogP) is 1.41. The van der Waals surface area contributed by atoms with E-state index in [1.807, 2.05) is 0 Å². The van der Waals surface area contributed by atoms with Crippen LogP contribution in [-0.4, -0.2) is 59.6 Å². The molecule has 1 N–H and O–H groups in total. The maximum atomic E-state index is 10.9. The first-order chi connectivity index (χ1) is 8.16. The molecule has 2 rings (SSSR count). The summed E-state index contributed by atoms with van der Waals surface area (Å²) in [5, 5.41) is 8.94. The number of carboxylic acid groups (broad SMARTS) is 1. The highest BCUT2D eigenvalue weighted by atomic mass is 16.4. The first-order valence-electron chi connectivity index (χ1n) is 6.83. The summed E-state index contributed by atoms with van der Waals surface area (Å²) in [5.41, 5.74) is 0. The topological polar surface area (TPSA) is 43.8 Å². The van der Waals surface area contributed by atoms with Crippen molar-refractivity contribution in [2.24, 2.45) is 0 Å². The highest BCUT2D eigenvalue weighted by molar-refractivity contribution is 5.69. The third-order valence-electron chi connectivity index (χ3n) is 4.30. The van der Waals surface area contributed by atoms with Crippen molar-refractivity contribution in [3.63, 3.8) is 0 Å². The highest BCUT2D eigenvalue weighted by Gasteiger charge is 2.29. The van der Waals surface area contributed by atoms with Crippen LogP contribution in [0.1, 0.15) is 38.5 Å². The molecule has 2 aliphatic rings. The molecule has 2 heterocycles. The molecule has 0 aromatic rings. The minimum atomic E-state index is -0.684. The molecule has 4 heteroatoms. The Morgan fingerprint density at radius 2 is 1.94 bits per heavy atom. The van der Waals surface area contributed by atoms with Crippen molar-refractivity contribution in [2.75, 3.05) is 26.7 Å². The fraction of sp³-hybridized carbons (Fsp3) is 0.923. The van der Waals surface area contributed by atoms with Gasteiger partial charge in [0.05, 0.1) is 6.54 Å². The van der Waals surface area contributed by atoms with Gasteiger partial charge in [-0.3, -0.25) is 9.69 Å². The van der Waals surface area contributed by atoms with Gasteiger partial charge in [0.25, 0.3) is 0 Å². The number of nitrogens with zero attached hydrogens (tertiary/aromatic N) is 2. The lowest BCUT2D eigenvalue weighted by molar-refractivity contribution is -0.139. The van der Waals surface area contributed by atoms with E-state index in [-0.39, 0.29) is 6.54 Å². The quantitative estimate of drug-likeness (QED) is 0.807. The van der Waals surface area contributed by atoms with E-state index in [9.17, 15) is 4.79 Å². The first kappa shape index (κ1) is 12.8. The average Bonchev–Trinajstić information content (AvgIpc) is 2.67. The molecule has 0 radical (unpaired) electrons. The van der Waals surface area contributed by atoms with Crippen LogP contribution in [0.5, 0.6) is 0 Å². The van der Waals surface area contributed by atoms with E-state index in [1.54, 1.807) is 0 Å². The maximum Gasteiger partial charge on any atom is 0.317 e. The molecule has 98 valence electrons. The molecular weight excluding hydrogens is 216 g/mol. The summed E-state index contributed by atoms with van der Waals surface area (Å²) in [6, 6.07) is 1.17. The molecule has 0 bridgehead atoms. The van der Waals surface area contributed by atoms with Crippen molar-refractivity contribution in [2.45, 2.75) is 50.6 Å².